The number of fused-ring (bicyclic) bond motifs is 6. The number of carbonyl (C=O) groups is 3. The first-order valence-corrected chi connectivity index (χ1v) is 9.24. The van der Waals surface area contributed by atoms with E-state index in [1.807, 2.05) is 36.4 Å². The largest absolute Gasteiger partial charge is 0.310 e. The van der Waals surface area contributed by atoms with Crippen molar-refractivity contribution in [1.82, 2.24) is 4.90 Å². The number of carbonyl (C=O) groups excluding carboxylic acids is 3. The molecule has 0 radical (unpaired) electrons. The lowest BCUT2D eigenvalue weighted by Crippen LogP contribution is -2.44. The van der Waals surface area contributed by atoms with Crippen LogP contribution >= 0.6 is 0 Å². The average Bonchev–Trinajstić information content (AvgIpc) is 3.27. The molecule has 1 aromatic rings. The highest BCUT2D eigenvalue weighted by molar-refractivity contribution is 6.10. The molecule has 0 spiro atoms. The zero-order valence-corrected chi connectivity index (χ0v) is 14.4. The van der Waals surface area contributed by atoms with Crippen LogP contribution in [-0.4, -0.2) is 35.7 Å². The standard InChI is InChI=1S/C21H20N2O3/c24-17(22-10-4-3-6-13-5-1-2-7-16(13)22)12-23-20(25)18-14-8-9-15(11-14)19(18)21(23)26/h1-3,5-9,14-15,18-19H,4,10-12H2/t14-,15-,18+,19+/m0/s1. The third-order valence-electron chi connectivity index (χ3n) is 6.20. The van der Waals surface area contributed by atoms with Crippen molar-refractivity contribution in [3.63, 3.8) is 0 Å². The van der Waals surface area contributed by atoms with Gasteiger partial charge in [-0.2, -0.15) is 0 Å². The summed E-state index contributed by atoms with van der Waals surface area (Å²) in [5.41, 5.74) is 1.82. The molecule has 0 unspecified atom stereocenters. The Morgan fingerprint density at radius 1 is 1.04 bits per heavy atom. The van der Waals surface area contributed by atoms with Crippen LogP contribution in [0.25, 0.3) is 6.08 Å². The SMILES string of the molecule is O=C1[C@H]2[C@H](C(=O)N1CC(=O)N1CCC=Cc3ccccc31)[C@H]1C=C[C@H]2C1. The quantitative estimate of drug-likeness (QED) is 0.608. The van der Waals surface area contributed by atoms with Crippen LogP contribution in [0.2, 0.25) is 0 Å². The summed E-state index contributed by atoms with van der Waals surface area (Å²) in [6.07, 6.45) is 9.86. The lowest BCUT2D eigenvalue weighted by Gasteiger charge is -2.25. The summed E-state index contributed by atoms with van der Waals surface area (Å²) in [5.74, 6) is -0.665. The summed E-state index contributed by atoms with van der Waals surface area (Å²) >= 11 is 0. The second-order valence-corrected chi connectivity index (χ2v) is 7.56. The molecule has 2 aliphatic carbocycles. The number of nitrogens with zero attached hydrogens (tertiary/aromatic N) is 2. The highest BCUT2D eigenvalue weighted by Gasteiger charge is 2.59. The minimum absolute atomic E-state index is 0.154. The third kappa shape index (κ3) is 2.13. The Morgan fingerprint density at radius 2 is 1.73 bits per heavy atom. The van der Waals surface area contributed by atoms with Crippen LogP contribution in [0.15, 0.2) is 42.5 Å². The molecule has 2 bridgehead atoms. The number of benzene rings is 1. The van der Waals surface area contributed by atoms with Crippen molar-refractivity contribution in [2.75, 3.05) is 18.0 Å². The summed E-state index contributed by atoms with van der Waals surface area (Å²) in [6, 6.07) is 7.72. The van der Waals surface area contributed by atoms with Crippen LogP contribution in [0.4, 0.5) is 5.69 Å². The molecule has 1 saturated heterocycles. The maximum atomic E-state index is 13.0. The van der Waals surface area contributed by atoms with E-state index in [1.54, 1.807) is 4.90 Å². The Morgan fingerprint density at radius 3 is 2.46 bits per heavy atom. The normalized spacial score (nSPS) is 31.4. The van der Waals surface area contributed by atoms with E-state index in [1.165, 1.54) is 4.90 Å². The van der Waals surface area contributed by atoms with Gasteiger partial charge in [0.15, 0.2) is 0 Å². The van der Waals surface area contributed by atoms with Gasteiger partial charge in [0, 0.05) is 6.54 Å². The molecule has 26 heavy (non-hydrogen) atoms. The highest BCUT2D eigenvalue weighted by atomic mass is 16.2. The first kappa shape index (κ1) is 15.6. The first-order chi connectivity index (χ1) is 12.6. The second kappa shape index (κ2) is 5.66. The van der Waals surface area contributed by atoms with Gasteiger partial charge < -0.3 is 4.90 Å². The van der Waals surface area contributed by atoms with E-state index in [0.717, 1.165) is 24.1 Å². The number of anilines is 1. The van der Waals surface area contributed by atoms with E-state index in [-0.39, 0.29) is 47.9 Å². The molecule has 4 aliphatic rings. The number of imide groups is 1. The maximum absolute atomic E-state index is 13.0. The predicted octanol–water partition coefficient (Wildman–Crippen LogP) is 2.24. The number of amides is 3. The summed E-state index contributed by atoms with van der Waals surface area (Å²) < 4.78 is 0. The number of allylic oxidation sites excluding steroid dienone is 2. The predicted molar refractivity (Wildman–Crippen MR) is 96.9 cm³/mol. The van der Waals surface area contributed by atoms with Gasteiger partial charge in [-0.25, -0.2) is 0 Å². The van der Waals surface area contributed by atoms with Gasteiger partial charge in [0.05, 0.1) is 17.5 Å². The van der Waals surface area contributed by atoms with E-state index in [2.05, 4.69) is 12.2 Å². The van der Waals surface area contributed by atoms with Crippen LogP contribution in [0.3, 0.4) is 0 Å². The number of para-hydroxylation sites is 1. The monoisotopic (exact) mass is 348 g/mol. The molecule has 1 saturated carbocycles. The van der Waals surface area contributed by atoms with Crippen molar-refractivity contribution in [2.24, 2.45) is 23.7 Å². The fourth-order valence-corrected chi connectivity index (χ4v) is 5.01. The Bertz CT molecular complexity index is 842. The number of hydrogen-bond acceptors (Lipinski definition) is 3. The number of hydrogen-bond donors (Lipinski definition) is 0. The van der Waals surface area contributed by atoms with Crippen LogP contribution in [0, 0.1) is 23.7 Å². The van der Waals surface area contributed by atoms with Crippen LogP contribution in [0.5, 0.6) is 0 Å². The molecule has 0 N–H and O–H groups in total. The van der Waals surface area contributed by atoms with Crippen molar-refractivity contribution >= 4 is 29.5 Å². The second-order valence-electron chi connectivity index (χ2n) is 7.56. The van der Waals surface area contributed by atoms with Crippen molar-refractivity contribution in [1.29, 1.82) is 0 Å². The molecule has 5 rings (SSSR count). The van der Waals surface area contributed by atoms with Crippen molar-refractivity contribution in [3.05, 3.63) is 48.1 Å². The Hall–Kier alpha value is -2.69. The highest BCUT2D eigenvalue weighted by Crippen LogP contribution is 2.52. The van der Waals surface area contributed by atoms with Gasteiger partial charge in [0.1, 0.15) is 6.54 Å². The van der Waals surface area contributed by atoms with E-state index in [0.29, 0.717) is 6.54 Å². The smallest absolute Gasteiger partial charge is 0.247 e. The fourth-order valence-electron chi connectivity index (χ4n) is 5.01. The molecule has 2 heterocycles. The molecule has 1 aromatic carbocycles. The van der Waals surface area contributed by atoms with E-state index in [9.17, 15) is 14.4 Å². The van der Waals surface area contributed by atoms with Gasteiger partial charge in [0.2, 0.25) is 17.7 Å². The zero-order chi connectivity index (χ0) is 17.8. The van der Waals surface area contributed by atoms with Crippen LogP contribution < -0.4 is 4.90 Å². The minimum atomic E-state index is -0.247. The minimum Gasteiger partial charge on any atom is -0.310 e. The zero-order valence-electron chi connectivity index (χ0n) is 14.4. The molecule has 2 aliphatic heterocycles. The number of rotatable bonds is 2. The van der Waals surface area contributed by atoms with Crippen LogP contribution in [0.1, 0.15) is 18.4 Å². The van der Waals surface area contributed by atoms with Gasteiger partial charge in [-0.15, -0.1) is 0 Å². The maximum Gasteiger partial charge on any atom is 0.247 e. The number of likely N-dealkylation sites (tertiary alicyclic amines) is 1. The molecule has 0 aromatic heterocycles. The molecule has 3 amide bonds. The van der Waals surface area contributed by atoms with Gasteiger partial charge in [-0.1, -0.05) is 42.5 Å². The Labute approximate surface area is 152 Å². The van der Waals surface area contributed by atoms with Crippen LogP contribution in [-0.2, 0) is 14.4 Å². The van der Waals surface area contributed by atoms with Crippen molar-refractivity contribution in [2.45, 2.75) is 12.8 Å². The van der Waals surface area contributed by atoms with Gasteiger partial charge >= 0.3 is 0 Å². The van der Waals surface area contributed by atoms with Gasteiger partial charge in [-0.3, -0.25) is 19.3 Å². The van der Waals surface area contributed by atoms with E-state index >= 15 is 0 Å². The van der Waals surface area contributed by atoms with Gasteiger partial charge in [-0.05, 0) is 36.3 Å². The molecule has 4 atom stereocenters. The summed E-state index contributed by atoms with van der Waals surface area (Å²) in [5, 5.41) is 0. The fraction of sp³-hybridized carbons (Fsp3) is 0.381. The molecular formula is C21H20N2O3. The van der Waals surface area contributed by atoms with Crippen molar-refractivity contribution in [3.8, 4) is 0 Å². The molecule has 5 nitrogen and oxygen atoms in total. The van der Waals surface area contributed by atoms with E-state index < -0.39 is 0 Å². The molecule has 5 heteroatoms. The first-order valence-electron chi connectivity index (χ1n) is 9.24. The lowest BCUT2D eigenvalue weighted by atomic mass is 9.85. The van der Waals surface area contributed by atoms with Crippen molar-refractivity contribution < 1.29 is 14.4 Å². The topological polar surface area (TPSA) is 57.7 Å². The summed E-state index contributed by atoms with van der Waals surface area (Å²) in [7, 11) is 0. The summed E-state index contributed by atoms with van der Waals surface area (Å²) in [6.45, 7) is 0.403. The Balaban J connectivity index is 1.39. The average molecular weight is 348 g/mol. The molecular weight excluding hydrogens is 328 g/mol. The third-order valence-corrected chi connectivity index (χ3v) is 6.20. The van der Waals surface area contributed by atoms with Gasteiger partial charge in [0.25, 0.3) is 0 Å². The molecule has 2 fully saturated rings. The molecule has 132 valence electrons. The van der Waals surface area contributed by atoms with E-state index in [4.69, 9.17) is 0 Å². The Kier molecular flexibility index (Phi) is 3.39. The lowest BCUT2D eigenvalue weighted by molar-refractivity contribution is -0.143. The summed E-state index contributed by atoms with van der Waals surface area (Å²) in [4.78, 5) is 41.5.